The fraction of sp³-hybridized carbons (Fsp3) is 0.318. The molecule has 0 fully saturated rings. The number of hydrogen-bond acceptors (Lipinski definition) is 5. The molecule has 3 rings (SSSR count). The summed E-state index contributed by atoms with van der Waals surface area (Å²) in [6.07, 6.45) is 5.56. The molecule has 146 valence electrons. The predicted molar refractivity (Wildman–Crippen MR) is 107 cm³/mol. The molecule has 6 heteroatoms. The zero-order chi connectivity index (χ0) is 19.9. The zero-order valence-electron chi connectivity index (χ0n) is 16.1. The first kappa shape index (κ1) is 19.6. The zero-order valence-corrected chi connectivity index (χ0v) is 16.1. The van der Waals surface area contributed by atoms with E-state index in [4.69, 9.17) is 9.15 Å². The van der Waals surface area contributed by atoms with Gasteiger partial charge in [-0.1, -0.05) is 13.3 Å². The first-order valence-electron chi connectivity index (χ1n) is 9.47. The van der Waals surface area contributed by atoms with E-state index in [2.05, 4.69) is 17.2 Å². The van der Waals surface area contributed by atoms with Crippen LogP contribution < -0.4 is 15.7 Å². The third-order valence-corrected chi connectivity index (χ3v) is 4.50. The second-order valence-electron chi connectivity index (χ2n) is 6.69. The maximum atomic E-state index is 12.3. The van der Waals surface area contributed by atoms with E-state index in [0.717, 1.165) is 35.8 Å². The Bertz CT molecular complexity index is 998. The average molecular weight is 380 g/mol. The normalized spacial score (nSPS) is 11.9. The molecule has 6 nitrogen and oxygen atoms in total. The first-order chi connectivity index (χ1) is 13.6. The summed E-state index contributed by atoms with van der Waals surface area (Å²) in [5.74, 6) is 0.255. The summed E-state index contributed by atoms with van der Waals surface area (Å²) in [5, 5.41) is 3.73. The Morgan fingerprint density at radius 1 is 1.21 bits per heavy atom. The van der Waals surface area contributed by atoms with Gasteiger partial charge in [0, 0.05) is 36.5 Å². The lowest BCUT2D eigenvalue weighted by molar-refractivity contribution is -0.127. The standard InChI is InChI=1S/C22H24N2O4/c1-3-4-5-17-12-21(25)28-20-13-18(6-7-19(17)20)27-15(2)22(26)24-14-16-8-10-23-11-9-16/h6-13,15H,3-5,14H2,1-2H3,(H,24,26)/t15-/m0/s1. The van der Waals surface area contributed by atoms with Crippen LogP contribution in [0.2, 0.25) is 0 Å². The lowest BCUT2D eigenvalue weighted by Crippen LogP contribution is -2.35. The largest absolute Gasteiger partial charge is 0.481 e. The lowest BCUT2D eigenvalue weighted by Gasteiger charge is -2.15. The molecular formula is C22H24N2O4. The van der Waals surface area contributed by atoms with Crippen molar-refractivity contribution in [2.45, 2.75) is 45.8 Å². The van der Waals surface area contributed by atoms with Crippen LogP contribution in [0.4, 0.5) is 0 Å². The first-order valence-corrected chi connectivity index (χ1v) is 9.47. The van der Waals surface area contributed by atoms with Crippen molar-refractivity contribution in [2.24, 2.45) is 0 Å². The molecule has 1 amide bonds. The Hall–Kier alpha value is -3.15. The van der Waals surface area contributed by atoms with Crippen LogP contribution in [-0.2, 0) is 17.8 Å². The van der Waals surface area contributed by atoms with Gasteiger partial charge in [0.2, 0.25) is 0 Å². The van der Waals surface area contributed by atoms with E-state index in [0.29, 0.717) is 17.9 Å². The summed E-state index contributed by atoms with van der Waals surface area (Å²) in [7, 11) is 0. The van der Waals surface area contributed by atoms with Gasteiger partial charge in [-0.15, -0.1) is 0 Å². The number of carbonyl (C=O) groups excluding carboxylic acids is 1. The van der Waals surface area contributed by atoms with Crippen LogP contribution >= 0.6 is 0 Å². The summed E-state index contributed by atoms with van der Waals surface area (Å²) < 4.78 is 11.1. The molecule has 2 aromatic heterocycles. The average Bonchev–Trinajstić information content (AvgIpc) is 2.70. The van der Waals surface area contributed by atoms with Crippen molar-refractivity contribution in [3.05, 3.63) is 70.3 Å². The molecule has 0 saturated carbocycles. The number of aryl methyl sites for hydroxylation is 1. The van der Waals surface area contributed by atoms with Gasteiger partial charge in [0.25, 0.3) is 5.91 Å². The molecule has 0 aliphatic heterocycles. The second kappa shape index (κ2) is 9.17. The van der Waals surface area contributed by atoms with Crippen LogP contribution in [0.1, 0.15) is 37.8 Å². The predicted octanol–water partition coefficient (Wildman–Crippen LogP) is 3.61. The van der Waals surface area contributed by atoms with E-state index in [-0.39, 0.29) is 11.5 Å². The number of unbranched alkanes of at least 4 members (excludes halogenated alkanes) is 1. The van der Waals surface area contributed by atoms with Crippen LogP contribution in [0.15, 0.2) is 58.0 Å². The highest BCUT2D eigenvalue weighted by atomic mass is 16.5. The van der Waals surface area contributed by atoms with Crippen LogP contribution in [0.25, 0.3) is 11.0 Å². The van der Waals surface area contributed by atoms with Gasteiger partial charge in [-0.3, -0.25) is 9.78 Å². The maximum Gasteiger partial charge on any atom is 0.336 e. The number of aromatic nitrogens is 1. The van der Waals surface area contributed by atoms with E-state index in [9.17, 15) is 9.59 Å². The molecule has 1 atom stereocenters. The minimum absolute atomic E-state index is 0.227. The van der Waals surface area contributed by atoms with Gasteiger partial charge >= 0.3 is 5.63 Å². The fourth-order valence-corrected chi connectivity index (χ4v) is 2.95. The van der Waals surface area contributed by atoms with Gasteiger partial charge in [0.1, 0.15) is 11.3 Å². The number of amides is 1. The van der Waals surface area contributed by atoms with E-state index >= 15 is 0 Å². The summed E-state index contributed by atoms with van der Waals surface area (Å²) in [6.45, 7) is 4.20. The molecule has 0 radical (unpaired) electrons. The molecule has 28 heavy (non-hydrogen) atoms. The fourth-order valence-electron chi connectivity index (χ4n) is 2.95. The van der Waals surface area contributed by atoms with Crippen LogP contribution in [0, 0.1) is 0 Å². The van der Waals surface area contributed by atoms with Crippen molar-refractivity contribution < 1.29 is 13.9 Å². The molecule has 1 aromatic carbocycles. The number of rotatable bonds is 8. The van der Waals surface area contributed by atoms with Gasteiger partial charge in [0.15, 0.2) is 6.10 Å². The van der Waals surface area contributed by atoms with Crippen molar-refractivity contribution >= 4 is 16.9 Å². The van der Waals surface area contributed by atoms with E-state index in [1.807, 2.05) is 18.2 Å². The van der Waals surface area contributed by atoms with Crippen molar-refractivity contribution in [3.63, 3.8) is 0 Å². The van der Waals surface area contributed by atoms with Crippen molar-refractivity contribution in [3.8, 4) is 5.75 Å². The van der Waals surface area contributed by atoms with Gasteiger partial charge in [0.05, 0.1) is 0 Å². The van der Waals surface area contributed by atoms with Crippen LogP contribution in [-0.4, -0.2) is 17.0 Å². The van der Waals surface area contributed by atoms with Crippen molar-refractivity contribution in [1.29, 1.82) is 0 Å². The van der Waals surface area contributed by atoms with Crippen LogP contribution in [0.5, 0.6) is 5.75 Å². The van der Waals surface area contributed by atoms with E-state index in [1.165, 1.54) is 0 Å². The molecule has 0 spiro atoms. The third kappa shape index (κ3) is 4.97. The molecule has 2 heterocycles. The van der Waals surface area contributed by atoms with Gasteiger partial charge in [-0.2, -0.15) is 0 Å². The number of nitrogens with one attached hydrogen (secondary N) is 1. The van der Waals surface area contributed by atoms with E-state index in [1.54, 1.807) is 37.5 Å². The van der Waals surface area contributed by atoms with Gasteiger partial charge in [-0.25, -0.2) is 4.79 Å². The highest BCUT2D eigenvalue weighted by molar-refractivity contribution is 5.83. The number of ether oxygens (including phenoxy) is 1. The molecule has 0 saturated heterocycles. The molecule has 0 aliphatic carbocycles. The lowest BCUT2D eigenvalue weighted by atomic mass is 10.0. The monoisotopic (exact) mass is 380 g/mol. The Kier molecular flexibility index (Phi) is 6.42. The quantitative estimate of drug-likeness (QED) is 0.604. The summed E-state index contributed by atoms with van der Waals surface area (Å²) in [6, 6.07) is 10.6. The Labute approximate surface area is 163 Å². The molecular weight excluding hydrogens is 356 g/mol. The maximum absolute atomic E-state index is 12.3. The second-order valence-corrected chi connectivity index (χ2v) is 6.69. The van der Waals surface area contributed by atoms with E-state index < -0.39 is 6.10 Å². The van der Waals surface area contributed by atoms with Crippen molar-refractivity contribution in [1.82, 2.24) is 10.3 Å². The summed E-state index contributed by atoms with van der Waals surface area (Å²) >= 11 is 0. The Morgan fingerprint density at radius 2 is 2.00 bits per heavy atom. The smallest absolute Gasteiger partial charge is 0.336 e. The Morgan fingerprint density at radius 3 is 2.75 bits per heavy atom. The number of hydrogen-bond donors (Lipinski definition) is 1. The van der Waals surface area contributed by atoms with Crippen LogP contribution in [0.3, 0.4) is 0 Å². The third-order valence-electron chi connectivity index (χ3n) is 4.50. The molecule has 3 aromatic rings. The molecule has 0 aliphatic rings. The number of nitrogens with zero attached hydrogens (tertiary/aromatic N) is 1. The Balaban J connectivity index is 1.69. The van der Waals surface area contributed by atoms with Gasteiger partial charge < -0.3 is 14.5 Å². The van der Waals surface area contributed by atoms with Crippen molar-refractivity contribution in [2.75, 3.05) is 0 Å². The highest BCUT2D eigenvalue weighted by Gasteiger charge is 2.15. The SMILES string of the molecule is CCCCc1cc(=O)oc2cc(O[C@@H](C)C(=O)NCc3ccncc3)ccc12. The number of pyridine rings is 1. The van der Waals surface area contributed by atoms with Gasteiger partial charge in [-0.05, 0) is 55.2 Å². The number of benzene rings is 1. The number of fused-ring (bicyclic) bond motifs is 1. The minimum Gasteiger partial charge on any atom is -0.481 e. The number of carbonyl (C=O) groups is 1. The topological polar surface area (TPSA) is 81.4 Å². The molecule has 0 bridgehead atoms. The minimum atomic E-state index is -0.686. The molecule has 1 N–H and O–H groups in total. The summed E-state index contributed by atoms with van der Waals surface area (Å²) in [5.41, 5.74) is 2.03. The molecule has 0 unspecified atom stereocenters. The summed E-state index contributed by atoms with van der Waals surface area (Å²) in [4.78, 5) is 28.1. The highest BCUT2D eigenvalue weighted by Crippen LogP contribution is 2.24.